The monoisotopic (exact) mass is 349 g/mol. The molecule has 0 aliphatic carbocycles. The van der Waals surface area contributed by atoms with E-state index in [1.807, 2.05) is 13.8 Å². The number of aromatic carboxylic acids is 1. The lowest BCUT2D eigenvalue weighted by molar-refractivity contribution is 0.0691. The van der Waals surface area contributed by atoms with Crippen molar-refractivity contribution in [3.63, 3.8) is 0 Å². The maximum Gasteiger partial charge on any atom is 0.338 e. The number of hydrogen-bond donors (Lipinski definition) is 1. The highest BCUT2D eigenvalue weighted by atomic mass is 35.5. The number of halogens is 2. The van der Waals surface area contributed by atoms with Crippen LogP contribution in [-0.4, -0.2) is 36.9 Å². The average Bonchev–Trinajstić information content (AvgIpc) is 2.40. The first-order valence-electron chi connectivity index (χ1n) is 6.85. The minimum atomic E-state index is -3.90. The topological polar surface area (TPSA) is 74.7 Å². The Morgan fingerprint density at radius 2 is 1.86 bits per heavy atom. The summed E-state index contributed by atoms with van der Waals surface area (Å²) in [7, 11) is -3.90. The third-order valence-corrected chi connectivity index (χ3v) is 5.79. The van der Waals surface area contributed by atoms with Crippen LogP contribution in [0.2, 0.25) is 5.02 Å². The molecular weight excluding hydrogens is 333 g/mol. The second kappa shape index (κ2) is 6.14. The molecule has 0 aromatic heterocycles. The number of piperidine rings is 1. The Bertz CT molecular complexity index is 697. The van der Waals surface area contributed by atoms with Crippen molar-refractivity contribution in [2.45, 2.75) is 25.2 Å². The normalized spacial score (nSPS) is 23.5. The fraction of sp³-hybridized carbons (Fsp3) is 0.500. The summed E-state index contributed by atoms with van der Waals surface area (Å²) in [6, 6.07) is 1.78. The predicted octanol–water partition coefficient (Wildman–Crippen LogP) is 2.84. The molecule has 0 bridgehead atoms. The molecule has 0 spiro atoms. The van der Waals surface area contributed by atoms with Crippen LogP contribution in [0.5, 0.6) is 0 Å². The Balaban J connectivity index is 2.48. The minimum absolute atomic E-state index is 0.202. The summed E-state index contributed by atoms with van der Waals surface area (Å²) in [6.45, 7) is 4.62. The van der Waals surface area contributed by atoms with E-state index in [-0.39, 0.29) is 16.7 Å². The standard InChI is InChI=1S/C14H17ClFNO4S/c1-8-3-9(2)7-17(6-8)22(20,21)10-4-11(14(18)19)13(16)12(15)5-10/h4-5,8-9H,3,6-7H2,1-2H3,(H,18,19)/t8-,9+. The maximum absolute atomic E-state index is 13.7. The van der Waals surface area contributed by atoms with Gasteiger partial charge in [-0.1, -0.05) is 25.4 Å². The van der Waals surface area contributed by atoms with Crippen LogP contribution < -0.4 is 0 Å². The summed E-state index contributed by atoms with van der Waals surface area (Å²) in [6.07, 6.45) is 0.927. The van der Waals surface area contributed by atoms with E-state index in [2.05, 4.69) is 0 Å². The molecule has 1 N–H and O–H groups in total. The Hall–Kier alpha value is -1.18. The first-order valence-corrected chi connectivity index (χ1v) is 8.67. The molecule has 2 atom stereocenters. The first kappa shape index (κ1) is 17.2. The second-order valence-corrected chi connectivity index (χ2v) is 8.18. The van der Waals surface area contributed by atoms with Gasteiger partial charge in [0.25, 0.3) is 0 Å². The van der Waals surface area contributed by atoms with Gasteiger partial charge in [-0.05, 0) is 30.4 Å². The lowest BCUT2D eigenvalue weighted by Crippen LogP contribution is -2.42. The number of rotatable bonds is 3. The summed E-state index contributed by atoms with van der Waals surface area (Å²) in [5.41, 5.74) is -0.746. The SMILES string of the molecule is C[C@@H]1C[C@H](C)CN(S(=O)(=O)c2cc(Cl)c(F)c(C(=O)O)c2)C1. The van der Waals surface area contributed by atoms with Gasteiger partial charge in [0, 0.05) is 13.1 Å². The summed E-state index contributed by atoms with van der Waals surface area (Å²) >= 11 is 5.64. The number of nitrogens with zero attached hydrogens (tertiary/aromatic N) is 1. The van der Waals surface area contributed by atoms with Crippen molar-refractivity contribution in [3.05, 3.63) is 28.5 Å². The molecule has 22 heavy (non-hydrogen) atoms. The Morgan fingerprint density at radius 3 is 2.36 bits per heavy atom. The van der Waals surface area contributed by atoms with Crippen molar-refractivity contribution in [1.82, 2.24) is 4.31 Å². The van der Waals surface area contributed by atoms with E-state index in [0.29, 0.717) is 13.1 Å². The van der Waals surface area contributed by atoms with Gasteiger partial charge >= 0.3 is 5.97 Å². The average molecular weight is 350 g/mol. The van der Waals surface area contributed by atoms with E-state index in [4.69, 9.17) is 16.7 Å². The molecule has 1 aliphatic heterocycles. The number of carboxylic acids is 1. The third-order valence-electron chi connectivity index (χ3n) is 3.71. The summed E-state index contributed by atoms with van der Waals surface area (Å²) in [5, 5.41) is 8.45. The smallest absolute Gasteiger partial charge is 0.338 e. The van der Waals surface area contributed by atoms with Gasteiger partial charge in [0.05, 0.1) is 15.5 Å². The van der Waals surface area contributed by atoms with Gasteiger partial charge in [-0.3, -0.25) is 0 Å². The minimum Gasteiger partial charge on any atom is -0.478 e. The third kappa shape index (κ3) is 3.26. The van der Waals surface area contributed by atoms with Crippen LogP contribution in [-0.2, 0) is 10.0 Å². The summed E-state index contributed by atoms with van der Waals surface area (Å²) < 4.78 is 40.3. The number of hydrogen-bond acceptors (Lipinski definition) is 3. The lowest BCUT2D eigenvalue weighted by Gasteiger charge is -2.34. The van der Waals surface area contributed by atoms with Crippen molar-refractivity contribution >= 4 is 27.6 Å². The fourth-order valence-electron chi connectivity index (χ4n) is 2.82. The van der Waals surface area contributed by atoms with Gasteiger partial charge in [0.1, 0.15) is 0 Å². The summed E-state index contributed by atoms with van der Waals surface area (Å²) in [4.78, 5) is 10.7. The van der Waals surface area contributed by atoms with E-state index >= 15 is 0 Å². The lowest BCUT2D eigenvalue weighted by atomic mass is 9.94. The second-order valence-electron chi connectivity index (χ2n) is 5.84. The van der Waals surface area contributed by atoms with Gasteiger partial charge in [-0.15, -0.1) is 0 Å². The van der Waals surface area contributed by atoms with Crippen LogP contribution in [0.1, 0.15) is 30.6 Å². The highest BCUT2D eigenvalue weighted by molar-refractivity contribution is 7.89. The van der Waals surface area contributed by atoms with Crippen LogP contribution in [0.15, 0.2) is 17.0 Å². The fourth-order valence-corrected chi connectivity index (χ4v) is 4.84. The van der Waals surface area contributed by atoms with E-state index in [0.717, 1.165) is 18.6 Å². The zero-order valence-electron chi connectivity index (χ0n) is 12.2. The van der Waals surface area contributed by atoms with E-state index < -0.39 is 32.4 Å². The van der Waals surface area contributed by atoms with Gasteiger partial charge < -0.3 is 5.11 Å². The number of carboxylic acid groups (broad SMARTS) is 1. The van der Waals surface area contributed by atoms with Crippen molar-refractivity contribution < 1.29 is 22.7 Å². The molecule has 0 radical (unpaired) electrons. The highest BCUT2D eigenvalue weighted by Crippen LogP contribution is 2.30. The van der Waals surface area contributed by atoms with Gasteiger partial charge in [0.2, 0.25) is 10.0 Å². The van der Waals surface area contributed by atoms with Gasteiger partial charge in [-0.2, -0.15) is 4.31 Å². The number of benzene rings is 1. The summed E-state index contributed by atoms with van der Waals surface area (Å²) in [5.74, 6) is -2.29. The van der Waals surface area contributed by atoms with Crippen molar-refractivity contribution in [2.24, 2.45) is 11.8 Å². The van der Waals surface area contributed by atoms with Crippen LogP contribution in [0, 0.1) is 17.7 Å². The largest absolute Gasteiger partial charge is 0.478 e. The van der Waals surface area contributed by atoms with Crippen molar-refractivity contribution in [1.29, 1.82) is 0 Å². The predicted molar refractivity (Wildman–Crippen MR) is 80.1 cm³/mol. The molecule has 0 amide bonds. The van der Waals surface area contributed by atoms with Crippen LogP contribution >= 0.6 is 11.6 Å². The van der Waals surface area contributed by atoms with Gasteiger partial charge in [0.15, 0.2) is 5.82 Å². The molecule has 1 saturated heterocycles. The maximum atomic E-state index is 13.7. The molecular formula is C14H17ClFNO4S. The molecule has 0 unspecified atom stereocenters. The van der Waals surface area contributed by atoms with E-state index in [1.54, 1.807) is 0 Å². The molecule has 5 nitrogen and oxygen atoms in total. The number of carbonyl (C=O) groups is 1. The van der Waals surface area contributed by atoms with Crippen molar-refractivity contribution in [3.8, 4) is 0 Å². The number of sulfonamides is 1. The van der Waals surface area contributed by atoms with Crippen molar-refractivity contribution in [2.75, 3.05) is 13.1 Å². The molecule has 8 heteroatoms. The van der Waals surface area contributed by atoms with Crippen LogP contribution in [0.25, 0.3) is 0 Å². The Labute approximate surface area is 133 Å². The highest BCUT2D eigenvalue weighted by Gasteiger charge is 2.33. The molecule has 2 rings (SSSR count). The molecule has 1 aromatic rings. The molecule has 1 fully saturated rings. The zero-order chi connectivity index (χ0) is 16.7. The molecule has 0 saturated carbocycles. The molecule has 1 heterocycles. The Morgan fingerprint density at radius 1 is 1.32 bits per heavy atom. The molecule has 1 aliphatic rings. The zero-order valence-corrected chi connectivity index (χ0v) is 13.8. The Kier molecular flexibility index (Phi) is 4.79. The van der Waals surface area contributed by atoms with E-state index in [1.165, 1.54) is 4.31 Å². The van der Waals surface area contributed by atoms with Crippen LogP contribution in [0.4, 0.5) is 4.39 Å². The van der Waals surface area contributed by atoms with E-state index in [9.17, 15) is 17.6 Å². The first-order chi connectivity index (χ1) is 10.1. The van der Waals surface area contributed by atoms with Crippen LogP contribution in [0.3, 0.4) is 0 Å². The molecule has 1 aromatic carbocycles. The quantitative estimate of drug-likeness (QED) is 0.910. The van der Waals surface area contributed by atoms with Gasteiger partial charge in [-0.25, -0.2) is 17.6 Å². The molecule has 122 valence electrons.